The summed E-state index contributed by atoms with van der Waals surface area (Å²) in [6, 6.07) is 6.04. The van der Waals surface area contributed by atoms with Crippen LogP contribution in [-0.4, -0.2) is 24.4 Å². The first kappa shape index (κ1) is 14.3. The zero-order valence-corrected chi connectivity index (χ0v) is 9.70. The molecule has 1 aromatic carbocycles. The lowest BCUT2D eigenvalue weighted by atomic mass is 9.92. The summed E-state index contributed by atoms with van der Waals surface area (Å²) in [5.41, 5.74) is 0.314. The number of carbonyl (C=O) groups is 1. The first-order valence-electron chi connectivity index (χ1n) is 5.24. The molecule has 0 aromatic heterocycles. The lowest BCUT2D eigenvalue weighted by Crippen LogP contribution is -2.16. The van der Waals surface area contributed by atoms with Crippen LogP contribution in [0.2, 0.25) is 0 Å². The minimum atomic E-state index is -4.40. The summed E-state index contributed by atoms with van der Waals surface area (Å²) in [5, 5.41) is 8.67. The highest BCUT2D eigenvalue weighted by Crippen LogP contribution is 2.34. The Hall–Kier alpha value is -1.72. The second-order valence-corrected chi connectivity index (χ2v) is 3.89. The molecule has 1 unspecified atom stereocenters. The second-order valence-electron chi connectivity index (χ2n) is 3.89. The van der Waals surface area contributed by atoms with Gasteiger partial charge in [0.05, 0.1) is 20.0 Å². The molecule has 1 N–H and O–H groups in total. The summed E-state index contributed by atoms with van der Waals surface area (Å²) < 4.78 is 42.1. The molecule has 0 saturated carbocycles. The van der Waals surface area contributed by atoms with Crippen molar-refractivity contribution in [3.05, 3.63) is 29.8 Å². The normalized spacial score (nSPS) is 13.1. The predicted octanol–water partition coefficient (Wildman–Crippen LogP) is 3.21. The third kappa shape index (κ3) is 4.65. The van der Waals surface area contributed by atoms with Gasteiger partial charge in [-0.15, -0.1) is 0 Å². The number of benzene rings is 1. The van der Waals surface area contributed by atoms with Crippen LogP contribution in [-0.2, 0) is 4.79 Å². The van der Waals surface area contributed by atoms with Crippen molar-refractivity contribution in [3.8, 4) is 5.75 Å². The standard InChI is InChI=1S/C12H13F3O3/c1-18-10-4-2-3-8(5-10)9(6-11(16)17)7-12(13,14)15/h2-5,9H,6-7H2,1H3,(H,16,17). The molecule has 100 valence electrons. The van der Waals surface area contributed by atoms with E-state index in [0.717, 1.165) is 0 Å². The van der Waals surface area contributed by atoms with Gasteiger partial charge in [-0.2, -0.15) is 13.2 Å². The van der Waals surface area contributed by atoms with E-state index in [1.165, 1.54) is 19.2 Å². The first-order chi connectivity index (χ1) is 8.31. The van der Waals surface area contributed by atoms with E-state index in [4.69, 9.17) is 9.84 Å². The quantitative estimate of drug-likeness (QED) is 0.886. The third-order valence-electron chi connectivity index (χ3n) is 2.46. The highest BCUT2D eigenvalue weighted by Gasteiger charge is 2.33. The largest absolute Gasteiger partial charge is 0.497 e. The number of ether oxygens (including phenoxy) is 1. The van der Waals surface area contributed by atoms with Crippen molar-refractivity contribution in [1.82, 2.24) is 0 Å². The van der Waals surface area contributed by atoms with Crippen LogP contribution in [0.5, 0.6) is 5.75 Å². The van der Waals surface area contributed by atoms with Gasteiger partial charge in [-0.3, -0.25) is 4.79 Å². The van der Waals surface area contributed by atoms with Crippen LogP contribution >= 0.6 is 0 Å². The average molecular weight is 262 g/mol. The summed E-state index contributed by atoms with van der Waals surface area (Å²) in [6.07, 6.45) is -6.12. The first-order valence-corrected chi connectivity index (χ1v) is 5.24. The highest BCUT2D eigenvalue weighted by atomic mass is 19.4. The Balaban J connectivity index is 2.96. The van der Waals surface area contributed by atoms with Crippen LogP contribution in [0, 0.1) is 0 Å². The number of methoxy groups -OCH3 is 1. The molecule has 0 amide bonds. The molecular weight excluding hydrogens is 249 g/mol. The average Bonchev–Trinajstić information content (AvgIpc) is 2.26. The number of hydrogen-bond donors (Lipinski definition) is 1. The van der Waals surface area contributed by atoms with Crippen LogP contribution in [0.1, 0.15) is 24.3 Å². The van der Waals surface area contributed by atoms with Crippen LogP contribution in [0.15, 0.2) is 24.3 Å². The molecule has 6 heteroatoms. The van der Waals surface area contributed by atoms with E-state index < -0.39 is 30.9 Å². The molecule has 0 bridgehead atoms. The maximum Gasteiger partial charge on any atom is 0.389 e. The van der Waals surface area contributed by atoms with Gasteiger partial charge in [-0.1, -0.05) is 12.1 Å². The second kappa shape index (κ2) is 5.75. The molecule has 0 spiro atoms. The van der Waals surface area contributed by atoms with Gasteiger partial charge in [0.2, 0.25) is 0 Å². The van der Waals surface area contributed by atoms with E-state index >= 15 is 0 Å². The Morgan fingerprint density at radius 3 is 2.61 bits per heavy atom. The van der Waals surface area contributed by atoms with Gasteiger partial charge >= 0.3 is 12.1 Å². The summed E-state index contributed by atoms with van der Waals surface area (Å²) >= 11 is 0. The lowest BCUT2D eigenvalue weighted by Gasteiger charge is -2.17. The Kier molecular flexibility index (Phi) is 4.58. The Morgan fingerprint density at radius 1 is 1.44 bits per heavy atom. The fourth-order valence-corrected chi connectivity index (χ4v) is 1.69. The van der Waals surface area contributed by atoms with E-state index in [2.05, 4.69) is 0 Å². The lowest BCUT2D eigenvalue weighted by molar-refractivity contribution is -0.145. The van der Waals surface area contributed by atoms with E-state index in [9.17, 15) is 18.0 Å². The van der Waals surface area contributed by atoms with Gasteiger partial charge in [0.15, 0.2) is 0 Å². The van der Waals surface area contributed by atoms with Crippen molar-refractivity contribution >= 4 is 5.97 Å². The SMILES string of the molecule is COc1cccc(C(CC(=O)O)CC(F)(F)F)c1. The topological polar surface area (TPSA) is 46.5 Å². The number of rotatable bonds is 5. The van der Waals surface area contributed by atoms with Gasteiger partial charge < -0.3 is 9.84 Å². The van der Waals surface area contributed by atoms with Crippen LogP contribution in [0.4, 0.5) is 13.2 Å². The van der Waals surface area contributed by atoms with Crippen molar-refractivity contribution in [1.29, 1.82) is 0 Å². The number of halogens is 3. The van der Waals surface area contributed by atoms with Crippen molar-refractivity contribution in [2.24, 2.45) is 0 Å². The molecule has 3 nitrogen and oxygen atoms in total. The number of carboxylic acids is 1. The molecule has 1 rings (SSSR count). The molecule has 1 aromatic rings. The number of aliphatic carboxylic acids is 1. The maximum absolute atomic E-state index is 12.4. The van der Waals surface area contributed by atoms with Crippen molar-refractivity contribution in [2.75, 3.05) is 7.11 Å². The van der Waals surface area contributed by atoms with Crippen molar-refractivity contribution in [2.45, 2.75) is 24.9 Å². The molecule has 0 aliphatic heterocycles. The molecular formula is C12H13F3O3. The van der Waals surface area contributed by atoms with Crippen molar-refractivity contribution in [3.63, 3.8) is 0 Å². The maximum atomic E-state index is 12.4. The monoisotopic (exact) mass is 262 g/mol. The molecule has 0 saturated heterocycles. The van der Waals surface area contributed by atoms with Gasteiger partial charge in [0, 0.05) is 5.92 Å². The third-order valence-corrected chi connectivity index (χ3v) is 2.46. The molecule has 1 atom stereocenters. The Labute approximate surface area is 102 Å². The zero-order chi connectivity index (χ0) is 13.8. The van der Waals surface area contributed by atoms with Crippen LogP contribution < -0.4 is 4.74 Å². The smallest absolute Gasteiger partial charge is 0.389 e. The van der Waals surface area contributed by atoms with Gasteiger partial charge in [0.25, 0.3) is 0 Å². The molecule has 0 fully saturated rings. The summed E-state index contributed by atoms with van der Waals surface area (Å²) in [6.45, 7) is 0. The molecule has 0 aliphatic rings. The minimum absolute atomic E-state index is 0.314. The fourth-order valence-electron chi connectivity index (χ4n) is 1.69. The van der Waals surface area contributed by atoms with Crippen LogP contribution in [0.25, 0.3) is 0 Å². The van der Waals surface area contributed by atoms with Gasteiger partial charge in [-0.25, -0.2) is 0 Å². The van der Waals surface area contributed by atoms with Gasteiger partial charge in [0.1, 0.15) is 5.75 Å². The number of carboxylic acid groups (broad SMARTS) is 1. The highest BCUT2D eigenvalue weighted by molar-refractivity contribution is 5.68. The minimum Gasteiger partial charge on any atom is -0.497 e. The number of alkyl halides is 3. The summed E-state index contributed by atoms with van der Waals surface area (Å²) in [5.74, 6) is -1.95. The molecule has 0 heterocycles. The summed E-state index contributed by atoms with van der Waals surface area (Å²) in [7, 11) is 1.40. The Morgan fingerprint density at radius 2 is 2.11 bits per heavy atom. The van der Waals surface area contributed by atoms with E-state index in [0.29, 0.717) is 11.3 Å². The van der Waals surface area contributed by atoms with E-state index in [1.807, 2.05) is 0 Å². The molecule has 18 heavy (non-hydrogen) atoms. The van der Waals surface area contributed by atoms with E-state index in [1.54, 1.807) is 12.1 Å². The fraction of sp³-hybridized carbons (Fsp3) is 0.417. The van der Waals surface area contributed by atoms with Crippen molar-refractivity contribution < 1.29 is 27.8 Å². The molecule has 0 radical (unpaired) electrons. The summed E-state index contributed by atoms with van der Waals surface area (Å²) in [4.78, 5) is 10.6. The van der Waals surface area contributed by atoms with Crippen LogP contribution in [0.3, 0.4) is 0 Å². The predicted molar refractivity (Wildman–Crippen MR) is 58.7 cm³/mol. The number of hydrogen-bond acceptors (Lipinski definition) is 2. The molecule has 0 aliphatic carbocycles. The Bertz CT molecular complexity index is 415. The van der Waals surface area contributed by atoms with E-state index in [-0.39, 0.29) is 0 Å². The zero-order valence-electron chi connectivity index (χ0n) is 9.70. The van der Waals surface area contributed by atoms with Gasteiger partial charge in [-0.05, 0) is 17.7 Å².